The van der Waals surface area contributed by atoms with Gasteiger partial charge >= 0.3 is 0 Å². The van der Waals surface area contributed by atoms with Gasteiger partial charge in [0, 0.05) is 7.05 Å². The van der Waals surface area contributed by atoms with Crippen LogP contribution in [0.2, 0.25) is 5.02 Å². The lowest BCUT2D eigenvalue weighted by molar-refractivity contribution is 0.102. The average molecular weight is 511 g/mol. The third-order valence-electron chi connectivity index (χ3n) is 5.59. The minimum atomic E-state index is -3.82. The molecular formula is C25H23ClN4O4S. The zero-order valence-electron chi connectivity index (χ0n) is 19.2. The highest BCUT2D eigenvalue weighted by Gasteiger charge is 2.21. The smallest absolute Gasteiger partial charge is 0.295 e. The molecule has 0 saturated heterocycles. The number of aromatic nitrogens is 2. The molecule has 1 aromatic heterocycles. The summed E-state index contributed by atoms with van der Waals surface area (Å²) in [4.78, 5) is 26.1. The average Bonchev–Trinajstić information content (AvgIpc) is 3.02. The molecule has 8 nitrogen and oxygen atoms in total. The number of benzene rings is 3. The van der Waals surface area contributed by atoms with Gasteiger partial charge < -0.3 is 5.32 Å². The van der Waals surface area contributed by atoms with Gasteiger partial charge in [0.25, 0.3) is 21.5 Å². The Morgan fingerprint density at radius 2 is 1.60 bits per heavy atom. The zero-order chi connectivity index (χ0) is 25.3. The highest BCUT2D eigenvalue weighted by atomic mass is 35.5. The van der Waals surface area contributed by atoms with E-state index in [1.807, 2.05) is 25.1 Å². The summed E-state index contributed by atoms with van der Waals surface area (Å²) in [7, 11) is -2.10. The molecule has 3 aromatic carbocycles. The van der Waals surface area contributed by atoms with Gasteiger partial charge in [-0.15, -0.1) is 0 Å². The van der Waals surface area contributed by atoms with Gasteiger partial charge in [-0.05, 0) is 56.3 Å². The monoisotopic (exact) mass is 510 g/mol. The van der Waals surface area contributed by atoms with Crippen LogP contribution >= 0.6 is 11.6 Å². The number of rotatable bonds is 6. The molecule has 180 valence electrons. The summed E-state index contributed by atoms with van der Waals surface area (Å²) in [6.07, 6.45) is 0. The normalized spacial score (nSPS) is 11.3. The minimum Gasteiger partial charge on any atom is -0.316 e. The number of amides is 1. The van der Waals surface area contributed by atoms with Crippen molar-refractivity contribution in [2.75, 3.05) is 10.0 Å². The van der Waals surface area contributed by atoms with E-state index in [-0.39, 0.29) is 32.4 Å². The van der Waals surface area contributed by atoms with Crippen molar-refractivity contribution in [1.29, 1.82) is 0 Å². The molecule has 0 spiro atoms. The van der Waals surface area contributed by atoms with Gasteiger partial charge in [-0.1, -0.05) is 47.5 Å². The second-order valence-corrected chi connectivity index (χ2v) is 10.1. The summed E-state index contributed by atoms with van der Waals surface area (Å²) in [5.41, 5.74) is 2.20. The van der Waals surface area contributed by atoms with Crippen LogP contribution in [0.5, 0.6) is 0 Å². The van der Waals surface area contributed by atoms with Gasteiger partial charge in [0.15, 0.2) is 0 Å². The molecule has 0 unspecified atom stereocenters. The van der Waals surface area contributed by atoms with Gasteiger partial charge in [-0.2, -0.15) is 0 Å². The fourth-order valence-electron chi connectivity index (χ4n) is 3.59. The van der Waals surface area contributed by atoms with Crippen molar-refractivity contribution >= 4 is 38.9 Å². The fourth-order valence-corrected chi connectivity index (χ4v) is 4.90. The topological polar surface area (TPSA) is 102 Å². The molecule has 0 aliphatic rings. The zero-order valence-corrected chi connectivity index (χ0v) is 20.8. The van der Waals surface area contributed by atoms with E-state index in [0.29, 0.717) is 11.4 Å². The number of anilines is 2. The molecule has 0 saturated carbocycles. The van der Waals surface area contributed by atoms with Gasteiger partial charge in [-0.25, -0.2) is 13.1 Å². The van der Waals surface area contributed by atoms with Crippen molar-refractivity contribution in [2.45, 2.75) is 18.7 Å². The van der Waals surface area contributed by atoms with E-state index in [0.717, 1.165) is 5.56 Å². The van der Waals surface area contributed by atoms with Crippen molar-refractivity contribution in [3.05, 3.63) is 105 Å². The van der Waals surface area contributed by atoms with Gasteiger partial charge in [-0.3, -0.25) is 19.0 Å². The molecule has 35 heavy (non-hydrogen) atoms. The number of halogens is 1. The molecule has 4 aromatic rings. The number of nitrogens with zero attached hydrogens (tertiary/aromatic N) is 2. The first-order valence-electron chi connectivity index (χ1n) is 10.6. The number of hydrogen-bond acceptors (Lipinski definition) is 4. The first-order chi connectivity index (χ1) is 16.6. The summed E-state index contributed by atoms with van der Waals surface area (Å²) in [6.45, 7) is 3.59. The summed E-state index contributed by atoms with van der Waals surface area (Å²) in [6, 6.07) is 19.7. The van der Waals surface area contributed by atoms with Crippen molar-refractivity contribution < 1.29 is 13.2 Å². The molecule has 0 bridgehead atoms. The largest absolute Gasteiger partial charge is 0.316 e. The van der Waals surface area contributed by atoms with Crippen molar-refractivity contribution in [2.24, 2.45) is 7.05 Å². The first-order valence-corrected chi connectivity index (χ1v) is 12.5. The standard InChI is InChI=1S/C25H23ClN4O4S/c1-16-9-12-20(13-10-16)35(33,34)28-18-11-14-21(22(26)15-18)24(31)27-23-17(2)29(3)30(25(23)32)19-7-5-4-6-8-19/h4-15,28H,1-3H3,(H,27,31). The van der Waals surface area contributed by atoms with E-state index in [1.165, 1.54) is 35.0 Å². The number of nitrogens with one attached hydrogen (secondary N) is 2. The van der Waals surface area contributed by atoms with E-state index in [1.54, 1.807) is 42.9 Å². The Balaban J connectivity index is 1.58. The highest BCUT2D eigenvalue weighted by Crippen LogP contribution is 2.25. The van der Waals surface area contributed by atoms with E-state index in [4.69, 9.17) is 11.6 Å². The number of hydrogen-bond donors (Lipinski definition) is 2. The van der Waals surface area contributed by atoms with Gasteiger partial charge in [0.2, 0.25) is 0 Å². The van der Waals surface area contributed by atoms with E-state index >= 15 is 0 Å². The molecular weight excluding hydrogens is 488 g/mol. The summed E-state index contributed by atoms with van der Waals surface area (Å²) in [5.74, 6) is -0.589. The molecule has 4 rings (SSSR count). The molecule has 0 aliphatic heterocycles. The maximum atomic E-state index is 13.0. The second kappa shape index (κ2) is 9.44. The Labute approximate surface area is 207 Å². The molecule has 1 amide bonds. The molecule has 2 N–H and O–H groups in total. The summed E-state index contributed by atoms with van der Waals surface area (Å²) >= 11 is 6.31. The summed E-state index contributed by atoms with van der Waals surface area (Å²) in [5, 5.41) is 2.68. The van der Waals surface area contributed by atoms with Gasteiger partial charge in [0.05, 0.1) is 32.6 Å². The quantitative estimate of drug-likeness (QED) is 0.398. The van der Waals surface area contributed by atoms with Crippen LogP contribution in [0.15, 0.2) is 82.5 Å². The maximum absolute atomic E-state index is 13.0. The van der Waals surface area contributed by atoms with E-state index in [9.17, 15) is 18.0 Å². The van der Waals surface area contributed by atoms with Gasteiger partial charge in [0.1, 0.15) is 5.69 Å². The Hall–Kier alpha value is -3.82. The Kier molecular flexibility index (Phi) is 6.56. The van der Waals surface area contributed by atoms with Crippen molar-refractivity contribution in [3.63, 3.8) is 0 Å². The van der Waals surface area contributed by atoms with Crippen LogP contribution in [0.4, 0.5) is 11.4 Å². The number of carbonyl (C=O) groups is 1. The van der Waals surface area contributed by atoms with Crippen LogP contribution in [-0.2, 0) is 17.1 Å². The van der Waals surface area contributed by atoms with Crippen LogP contribution in [0.1, 0.15) is 21.6 Å². The van der Waals surface area contributed by atoms with Crippen LogP contribution < -0.4 is 15.6 Å². The Morgan fingerprint density at radius 3 is 2.23 bits per heavy atom. The van der Waals surface area contributed by atoms with Crippen LogP contribution in [-0.4, -0.2) is 23.7 Å². The number of carbonyl (C=O) groups excluding carboxylic acids is 1. The SMILES string of the molecule is Cc1ccc(S(=O)(=O)Nc2ccc(C(=O)Nc3c(C)n(C)n(-c4ccccc4)c3=O)c(Cl)c2)cc1. The maximum Gasteiger partial charge on any atom is 0.295 e. The van der Waals surface area contributed by atoms with Crippen molar-refractivity contribution in [1.82, 2.24) is 9.36 Å². The Morgan fingerprint density at radius 1 is 0.943 bits per heavy atom. The predicted molar refractivity (Wildman–Crippen MR) is 137 cm³/mol. The predicted octanol–water partition coefficient (Wildman–Crippen LogP) is 4.50. The molecule has 0 fully saturated rings. The fraction of sp³-hybridized carbons (Fsp3) is 0.120. The molecule has 0 radical (unpaired) electrons. The van der Waals surface area contributed by atoms with Crippen LogP contribution in [0, 0.1) is 13.8 Å². The lowest BCUT2D eigenvalue weighted by Crippen LogP contribution is -2.23. The van der Waals surface area contributed by atoms with E-state index < -0.39 is 15.9 Å². The highest BCUT2D eigenvalue weighted by molar-refractivity contribution is 7.92. The first kappa shape index (κ1) is 24.3. The molecule has 0 atom stereocenters. The second-order valence-electron chi connectivity index (χ2n) is 8.00. The molecule has 10 heteroatoms. The molecule has 0 aliphatic carbocycles. The van der Waals surface area contributed by atoms with Crippen LogP contribution in [0.25, 0.3) is 5.69 Å². The third kappa shape index (κ3) is 4.87. The minimum absolute atomic E-state index is 0.0311. The lowest BCUT2D eigenvalue weighted by atomic mass is 10.2. The molecule has 1 heterocycles. The lowest BCUT2D eigenvalue weighted by Gasteiger charge is -2.11. The van der Waals surface area contributed by atoms with Crippen molar-refractivity contribution in [3.8, 4) is 5.69 Å². The third-order valence-corrected chi connectivity index (χ3v) is 7.30. The number of aryl methyl sites for hydroxylation is 1. The summed E-state index contributed by atoms with van der Waals surface area (Å²) < 4.78 is 30.8. The van der Waals surface area contributed by atoms with Crippen LogP contribution in [0.3, 0.4) is 0 Å². The van der Waals surface area contributed by atoms with E-state index in [2.05, 4.69) is 10.0 Å². The number of para-hydroxylation sites is 1. The Bertz CT molecular complexity index is 1570. The number of sulfonamides is 1.